The number of aryl methyl sites for hydroxylation is 1. The maximum atomic E-state index is 5.53. The molecule has 102 valence electrons. The molecule has 2 aromatic heterocycles. The summed E-state index contributed by atoms with van der Waals surface area (Å²) in [5.74, 6) is 1.14. The van der Waals surface area contributed by atoms with Gasteiger partial charge in [-0.15, -0.1) is 0 Å². The first-order chi connectivity index (χ1) is 9.06. The Morgan fingerprint density at radius 2 is 2.21 bits per heavy atom. The van der Waals surface area contributed by atoms with Crippen LogP contribution in [0, 0.1) is 6.92 Å². The SMILES string of the molecule is Cc1c(CNc2nccc(OC(C)C)n2)cnn1C. The first-order valence-corrected chi connectivity index (χ1v) is 6.27. The molecule has 6 nitrogen and oxygen atoms in total. The van der Waals surface area contributed by atoms with Gasteiger partial charge >= 0.3 is 0 Å². The van der Waals surface area contributed by atoms with Gasteiger partial charge in [0.15, 0.2) is 0 Å². The van der Waals surface area contributed by atoms with E-state index >= 15 is 0 Å². The van der Waals surface area contributed by atoms with Gasteiger partial charge in [0.05, 0.1) is 12.3 Å². The second-order valence-corrected chi connectivity index (χ2v) is 4.62. The van der Waals surface area contributed by atoms with Crippen molar-refractivity contribution in [3.63, 3.8) is 0 Å². The van der Waals surface area contributed by atoms with Gasteiger partial charge in [-0.1, -0.05) is 0 Å². The molecule has 0 saturated carbocycles. The van der Waals surface area contributed by atoms with Crippen molar-refractivity contribution in [1.82, 2.24) is 19.7 Å². The Morgan fingerprint density at radius 1 is 1.42 bits per heavy atom. The van der Waals surface area contributed by atoms with E-state index in [0.717, 1.165) is 11.3 Å². The van der Waals surface area contributed by atoms with Crippen molar-refractivity contribution < 1.29 is 4.74 Å². The number of anilines is 1. The molecule has 0 spiro atoms. The molecule has 0 aliphatic heterocycles. The molecule has 19 heavy (non-hydrogen) atoms. The molecule has 0 aliphatic rings. The van der Waals surface area contributed by atoms with Crippen LogP contribution in [0.2, 0.25) is 0 Å². The van der Waals surface area contributed by atoms with Crippen LogP contribution in [0.4, 0.5) is 5.95 Å². The van der Waals surface area contributed by atoms with E-state index in [1.165, 1.54) is 0 Å². The summed E-state index contributed by atoms with van der Waals surface area (Å²) in [6.07, 6.45) is 3.63. The molecule has 0 saturated heterocycles. The Balaban J connectivity index is 2.01. The Kier molecular flexibility index (Phi) is 3.99. The van der Waals surface area contributed by atoms with Crippen LogP contribution < -0.4 is 10.1 Å². The van der Waals surface area contributed by atoms with Crippen LogP contribution in [0.15, 0.2) is 18.5 Å². The fraction of sp³-hybridized carbons (Fsp3) is 0.462. The lowest BCUT2D eigenvalue weighted by Crippen LogP contribution is -2.09. The summed E-state index contributed by atoms with van der Waals surface area (Å²) in [4.78, 5) is 8.46. The average Bonchev–Trinajstić information content (AvgIpc) is 2.67. The van der Waals surface area contributed by atoms with E-state index in [0.29, 0.717) is 18.4 Å². The zero-order valence-electron chi connectivity index (χ0n) is 11.7. The molecule has 1 N–H and O–H groups in total. The average molecular weight is 261 g/mol. The molecule has 0 aromatic carbocycles. The van der Waals surface area contributed by atoms with E-state index in [2.05, 4.69) is 20.4 Å². The van der Waals surface area contributed by atoms with Crippen molar-refractivity contribution in [3.05, 3.63) is 29.7 Å². The first kappa shape index (κ1) is 13.3. The number of rotatable bonds is 5. The lowest BCUT2D eigenvalue weighted by Gasteiger charge is -2.10. The molecule has 0 radical (unpaired) electrons. The summed E-state index contributed by atoms with van der Waals surface area (Å²) in [6.45, 7) is 6.61. The quantitative estimate of drug-likeness (QED) is 0.890. The Bertz CT molecular complexity index is 550. The van der Waals surface area contributed by atoms with Gasteiger partial charge in [-0.3, -0.25) is 4.68 Å². The van der Waals surface area contributed by atoms with Gasteiger partial charge in [-0.2, -0.15) is 10.1 Å². The number of hydrogen-bond donors (Lipinski definition) is 1. The second kappa shape index (κ2) is 5.69. The van der Waals surface area contributed by atoms with Crippen LogP contribution >= 0.6 is 0 Å². The van der Waals surface area contributed by atoms with Gasteiger partial charge in [0, 0.05) is 37.1 Å². The summed E-state index contributed by atoms with van der Waals surface area (Å²) in [6, 6.07) is 1.75. The van der Waals surface area contributed by atoms with E-state index in [-0.39, 0.29) is 6.10 Å². The van der Waals surface area contributed by atoms with E-state index in [1.807, 2.05) is 38.7 Å². The number of ether oxygens (including phenoxy) is 1. The maximum absolute atomic E-state index is 5.53. The van der Waals surface area contributed by atoms with Crippen molar-refractivity contribution in [2.75, 3.05) is 5.32 Å². The van der Waals surface area contributed by atoms with Gasteiger partial charge in [0.25, 0.3) is 0 Å². The van der Waals surface area contributed by atoms with Crippen LogP contribution in [0.3, 0.4) is 0 Å². The van der Waals surface area contributed by atoms with E-state index < -0.39 is 0 Å². The predicted molar refractivity (Wildman–Crippen MR) is 73.1 cm³/mol. The molecule has 0 fully saturated rings. The normalized spacial score (nSPS) is 10.8. The highest BCUT2D eigenvalue weighted by molar-refractivity contribution is 5.30. The molecule has 0 atom stereocenters. The fourth-order valence-corrected chi connectivity index (χ4v) is 1.63. The molecule has 2 aromatic rings. The molecule has 0 bridgehead atoms. The summed E-state index contributed by atoms with van der Waals surface area (Å²) in [5.41, 5.74) is 2.25. The highest BCUT2D eigenvalue weighted by Crippen LogP contribution is 2.12. The smallest absolute Gasteiger partial charge is 0.226 e. The van der Waals surface area contributed by atoms with E-state index in [9.17, 15) is 0 Å². The molecule has 0 aliphatic carbocycles. The summed E-state index contributed by atoms with van der Waals surface area (Å²) in [5, 5.41) is 7.37. The van der Waals surface area contributed by atoms with E-state index in [1.54, 1.807) is 12.3 Å². The number of hydrogen-bond acceptors (Lipinski definition) is 5. The van der Waals surface area contributed by atoms with Crippen LogP contribution in [0.5, 0.6) is 5.88 Å². The number of aromatic nitrogens is 4. The number of nitrogens with one attached hydrogen (secondary N) is 1. The third-order valence-corrected chi connectivity index (χ3v) is 2.76. The minimum absolute atomic E-state index is 0.100. The van der Waals surface area contributed by atoms with Crippen LogP contribution in [0.1, 0.15) is 25.1 Å². The molecule has 0 amide bonds. The van der Waals surface area contributed by atoms with Gasteiger partial charge < -0.3 is 10.1 Å². The van der Waals surface area contributed by atoms with Crippen LogP contribution in [-0.4, -0.2) is 25.9 Å². The van der Waals surface area contributed by atoms with Crippen molar-refractivity contribution in [2.24, 2.45) is 7.05 Å². The van der Waals surface area contributed by atoms with Crippen molar-refractivity contribution in [2.45, 2.75) is 33.4 Å². The van der Waals surface area contributed by atoms with Gasteiger partial charge in [-0.05, 0) is 20.8 Å². The lowest BCUT2D eigenvalue weighted by atomic mass is 10.2. The maximum Gasteiger partial charge on any atom is 0.226 e. The molecule has 2 heterocycles. The highest BCUT2D eigenvalue weighted by atomic mass is 16.5. The zero-order valence-corrected chi connectivity index (χ0v) is 11.7. The van der Waals surface area contributed by atoms with Crippen molar-refractivity contribution >= 4 is 5.95 Å². The first-order valence-electron chi connectivity index (χ1n) is 6.27. The topological polar surface area (TPSA) is 64.9 Å². The minimum Gasteiger partial charge on any atom is -0.475 e. The van der Waals surface area contributed by atoms with Gasteiger partial charge in [0.1, 0.15) is 0 Å². The summed E-state index contributed by atoms with van der Waals surface area (Å²) < 4.78 is 7.37. The lowest BCUT2D eigenvalue weighted by molar-refractivity contribution is 0.232. The molecular formula is C13H19N5O. The largest absolute Gasteiger partial charge is 0.475 e. The Labute approximate surface area is 112 Å². The van der Waals surface area contributed by atoms with Gasteiger partial charge in [-0.25, -0.2) is 4.98 Å². The summed E-state index contributed by atoms with van der Waals surface area (Å²) in [7, 11) is 1.92. The third kappa shape index (κ3) is 3.43. The van der Waals surface area contributed by atoms with Gasteiger partial charge in [0.2, 0.25) is 11.8 Å². The standard InChI is InChI=1S/C13H19N5O/c1-9(2)19-12-5-6-14-13(17-12)15-7-11-8-16-18(4)10(11)3/h5-6,8-9H,7H2,1-4H3,(H,14,15,17). The molecule has 2 rings (SSSR count). The molecule has 6 heteroatoms. The summed E-state index contributed by atoms with van der Waals surface area (Å²) >= 11 is 0. The van der Waals surface area contributed by atoms with Crippen LogP contribution in [0.25, 0.3) is 0 Å². The third-order valence-electron chi connectivity index (χ3n) is 2.76. The Morgan fingerprint density at radius 3 is 2.84 bits per heavy atom. The fourth-order valence-electron chi connectivity index (χ4n) is 1.63. The zero-order chi connectivity index (χ0) is 13.8. The Hall–Kier alpha value is -2.11. The highest BCUT2D eigenvalue weighted by Gasteiger charge is 2.05. The van der Waals surface area contributed by atoms with E-state index in [4.69, 9.17) is 4.74 Å². The number of nitrogens with zero attached hydrogens (tertiary/aromatic N) is 4. The van der Waals surface area contributed by atoms with Crippen LogP contribution in [-0.2, 0) is 13.6 Å². The second-order valence-electron chi connectivity index (χ2n) is 4.62. The predicted octanol–water partition coefficient (Wildman–Crippen LogP) is 1.92. The minimum atomic E-state index is 0.100. The van der Waals surface area contributed by atoms with Crippen molar-refractivity contribution in [1.29, 1.82) is 0 Å². The van der Waals surface area contributed by atoms with Crippen molar-refractivity contribution in [3.8, 4) is 5.88 Å². The monoisotopic (exact) mass is 261 g/mol. The molecular weight excluding hydrogens is 242 g/mol. The molecule has 0 unspecified atom stereocenters.